The Balaban J connectivity index is 1.69. The van der Waals surface area contributed by atoms with E-state index in [1.807, 2.05) is 0 Å². The van der Waals surface area contributed by atoms with Crippen molar-refractivity contribution in [1.29, 1.82) is 0 Å². The molecule has 2 fully saturated rings. The van der Waals surface area contributed by atoms with Gasteiger partial charge in [0.05, 0.1) is 0 Å². The normalized spacial score (nSPS) is 30.7. The quantitative estimate of drug-likeness (QED) is 0.784. The van der Waals surface area contributed by atoms with Gasteiger partial charge in [-0.2, -0.15) is 0 Å². The highest BCUT2D eigenvalue weighted by atomic mass is 15.2. The molecule has 0 amide bonds. The molecule has 2 saturated heterocycles. The van der Waals surface area contributed by atoms with Gasteiger partial charge in [-0.1, -0.05) is 30.3 Å². The minimum Gasteiger partial charge on any atom is -0.313 e. The molecule has 0 spiro atoms. The van der Waals surface area contributed by atoms with Crippen LogP contribution in [0.3, 0.4) is 0 Å². The Bertz CT molecular complexity index is 323. The Kier molecular flexibility index (Phi) is 2.47. The van der Waals surface area contributed by atoms with E-state index >= 15 is 0 Å². The van der Waals surface area contributed by atoms with Crippen LogP contribution < -0.4 is 5.32 Å². The number of rotatable bonds is 2. The van der Waals surface area contributed by atoms with Crippen LogP contribution in [0, 0.1) is 0 Å². The molecule has 0 aliphatic carbocycles. The highest BCUT2D eigenvalue weighted by Crippen LogP contribution is 2.25. The summed E-state index contributed by atoms with van der Waals surface area (Å²) in [5, 5.41) is 3.58. The molecule has 1 aromatic rings. The van der Waals surface area contributed by atoms with Crippen molar-refractivity contribution in [1.82, 2.24) is 10.2 Å². The van der Waals surface area contributed by atoms with Gasteiger partial charge in [-0.3, -0.25) is 4.90 Å². The van der Waals surface area contributed by atoms with Crippen LogP contribution in [0.4, 0.5) is 0 Å². The Morgan fingerprint density at radius 2 is 2.13 bits per heavy atom. The lowest BCUT2D eigenvalue weighted by atomic mass is 10.1. The Morgan fingerprint density at radius 3 is 2.93 bits per heavy atom. The van der Waals surface area contributed by atoms with Crippen LogP contribution in [-0.4, -0.2) is 30.1 Å². The van der Waals surface area contributed by atoms with Crippen LogP contribution in [-0.2, 0) is 6.54 Å². The number of nitrogens with one attached hydrogen (secondary N) is 1. The molecule has 15 heavy (non-hydrogen) atoms. The fourth-order valence-electron chi connectivity index (χ4n) is 2.90. The van der Waals surface area contributed by atoms with Crippen LogP contribution in [0.1, 0.15) is 18.4 Å². The third-order valence-corrected chi connectivity index (χ3v) is 3.67. The fraction of sp³-hybridized carbons (Fsp3) is 0.538. The van der Waals surface area contributed by atoms with E-state index in [0.29, 0.717) is 0 Å². The van der Waals surface area contributed by atoms with E-state index in [-0.39, 0.29) is 0 Å². The Morgan fingerprint density at radius 1 is 1.27 bits per heavy atom. The first-order valence-corrected chi connectivity index (χ1v) is 5.93. The standard InChI is InChI=1S/C13H18N2/c1-2-4-11(5-3-1)9-15-10-12-8-13(15)6-7-14-12/h1-5,12-14H,6-10H2. The van der Waals surface area contributed by atoms with Gasteiger partial charge < -0.3 is 5.32 Å². The molecule has 2 bridgehead atoms. The van der Waals surface area contributed by atoms with Crippen LogP contribution in [0.25, 0.3) is 0 Å². The minimum absolute atomic E-state index is 0.757. The highest BCUT2D eigenvalue weighted by Gasteiger charge is 2.34. The maximum absolute atomic E-state index is 3.58. The molecule has 2 aliphatic rings. The van der Waals surface area contributed by atoms with Gasteiger partial charge in [0.1, 0.15) is 0 Å². The van der Waals surface area contributed by atoms with Crippen molar-refractivity contribution in [2.24, 2.45) is 0 Å². The number of piperidine rings is 1. The molecular formula is C13H18N2. The monoisotopic (exact) mass is 202 g/mol. The van der Waals surface area contributed by atoms with Gasteiger partial charge in [-0.05, 0) is 24.9 Å². The summed E-state index contributed by atoms with van der Waals surface area (Å²) in [4.78, 5) is 2.64. The van der Waals surface area contributed by atoms with E-state index in [9.17, 15) is 0 Å². The molecular weight excluding hydrogens is 184 g/mol. The second kappa shape index (κ2) is 3.95. The molecule has 2 aliphatic heterocycles. The fourth-order valence-corrected chi connectivity index (χ4v) is 2.90. The van der Waals surface area contributed by atoms with Crippen molar-refractivity contribution >= 4 is 0 Å². The summed E-state index contributed by atoms with van der Waals surface area (Å²) >= 11 is 0. The lowest BCUT2D eigenvalue weighted by Gasteiger charge is -2.24. The second-order valence-corrected chi connectivity index (χ2v) is 4.74. The third-order valence-electron chi connectivity index (χ3n) is 3.67. The second-order valence-electron chi connectivity index (χ2n) is 4.74. The largest absolute Gasteiger partial charge is 0.313 e. The van der Waals surface area contributed by atoms with Crippen LogP contribution in [0.5, 0.6) is 0 Å². The molecule has 2 nitrogen and oxygen atoms in total. The highest BCUT2D eigenvalue weighted by molar-refractivity contribution is 5.15. The summed E-state index contributed by atoms with van der Waals surface area (Å²) in [5.41, 5.74) is 1.45. The van der Waals surface area contributed by atoms with Crippen molar-refractivity contribution < 1.29 is 0 Å². The molecule has 80 valence electrons. The van der Waals surface area contributed by atoms with E-state index < -0.39 is 0 Å². The molecule has 0 saturated carbocycles. The van der Waals surface area contributed by atoms with Crippen molar-refractivity contribution in [3.63, 3.8) is 0 Å². The first kappa shape index (κ1) is 9.37. The molecule has 2 unspecified atom stereocenters. The SMILES string of the molecule is c1ccc(CN2CC3CC2CCN3)cc1. The van der Waals surface area contributed by atoms with Crippen molar-refractivity contribution in [2.45, 2.75) is 31.5 Å². The van der Waals surface area contributed by atoms with Crippen LogP contribution >= 0.6 is 0 Å². The van der Waals surface area contributed by atoms with Gasteiger partial charge in [0.15, 0.2) is 0 Å². The molecule has 1 aromatic carbocycles. The van der Waals surface area contributed by atoms with E-state index in [4.69, 9.17) is 0 Å². The Hall–Kier alpha value is -0.860. The van der Waals surface area contributed by atoms with Gasteiger partial charge in [0, 0.05) is 25.2 Å². The predicted molar refractivity (Wildman–Crippen MR) is 61.7 cm³/mol. The summed E-state index contributed by atoms with van der Waals surface area (Å²) in [6.07, 6.45) is 2.68. The number of benzene rings is 1. The molecule has 2 heteroatoms. The van der Waals surface area contributed by atoms with E-state index in [1.165, 1.54) is 31.5 Å². The lowest BCUT2D eigenvalue weighted by molar-refractivity contribution is 0.240. The summed E-state index contributed by atoms with van der Waals surface area (Å²) in [6.45, 7) is 3.57. The maximum atomic E-state index is 3.58. The Labute approximate surface area is 91.3 Å². The molecule has 2 heterocycles. The molecule has 0 radical (unpaired) electrons. The first-order chi connectivity index (χ1) is 7.42. The van der Waals surface area contributed by atoms with E-state index in [1.54, 1.807) is 0 Å². The van der Waals surface area contributed by atoms with Crippen molar-refractivity contribution in [3.8, 4) is 0 Å². The zero-order chi connectivity index (χ0) is 10.1. The summed E-state index contributed by atoms with van der Waals surface area (Å²) < 4.78 is 0. The van der Waals surface area contributed by atoms with Gasteiger partial charge >= 0.3 is 0 Å². The van der Waals surface area contributed by atoms with Gasteiger partial charge in [-0.25, -0.2) is 0 Å². The number of fused-ring (bicyclic) bond motifs is 2. The number of likely N-dealkylation sites (tertiary alicyclic amines) is 1. The van der Waals surface area contributed by atoms with Crippen LogP contribution in [0.15, 0.2) is 30.3 Å². The third kappa shape index (κ3) is 1.92. The van der Waals surface area contributed by atoms with Crippen molar-refractivity contribution in [2.75, 3.05) is 13.1 Å². The van der Waals surface area contributed by atoms with Gasteiger partial charge in [0.25, 0.3) is 0 Å². The summed E-state index contributed by atoms with van der Waals surface area (Å²) in [5.74, 6) is 0. The summed E-state index contributed by atoms with van der Waals surface area (Å²) in [6, 6.07) is 12.4. The van der Waals surface area contributed by atoms with Crippen LogP contribution in [0.2, 0.25) is 0 Å². The number of hydrogen-bond acceptors (Lipinski definition) is 2. The van der Waals surface area contributed by atoms with Gasteiger partial charge in [-0.15, -0.1) is 0 Å². The average molecular weight is 202 g/mol. The first-order valence-electron chi connectivity index (χ1n) is 5.93. The molecule has 0 aromatic heterocycles. The molecule has 1 N–H and O–H groups in total. The van der Waals surface area contributed by atoms with Crippen molar-refractivity contribution in [3.05, 3.63) is 35.9 Å². The maximum Gasteiger partial charge on any atom is 0.0237 e. The smallest absolute Gasteiger partial charge is 0.0237 e. The van der Waals surface area contributed by atoms with Gasteiger partial charge in [0.2, 0.25) is 0 Å². The summed E-state index contributed by atoms with van der Waals surface area (Å²) in [7, 11) is 0. The zero-order valence-electron chi connectivity index (χ0n) is 9.02. The van der Waals surface area contributed by atoms with E-state index in [0.717, 1.165) is 18.6 Å². The molecule has 3 rings (SSSR count). The average Bonchev–Trinajstić information content (AvgIpc) is 2.55. The molecule has 2 atom stereocenters. The van der Waals surface area contributed by atoms with E-state index in [2.05, 4.69) is 40.5 Å². The number of nitrogens with zero attached hydrogens (tertiary/aromatic N) is 1. The topological polar surface area (TPSA) is 15.3 Å². The lowest BCUT2D eigenvalue weighted by Crippen LogP contribution is -2.35. The number of hydrogen-bond donors (Lipinski definition) is 1. The zero-order valence-corrected chi connectivity index (χ0v) is 9.02. The minimum atomic E-state index is 0.757. The predicted octanol–water partition coefficient (Wildman–Crippen LogP) is 1.62.